The van der Waals surface area contributed by atoms with E-state index in [9.17, 15) is 9.18 Å². The number of aryl methyl sites for hydroxylation is 1. The third-order valence-electron chi connectivity index (χ3n) is 2.61. The van der Waals surface area contributed by atoms with E-state index in [0.717, 1.165) is 0 Å². The first-order valence-corrected chi connectivity index (χ1v) is 5.18. The first kappa shape index (κ1) is 11.3. The van der Waals surface area contributed by atoms with E-state index >= 15 is 0 Å². The van der Waals surface area contributed by atoms with Crippen LogP contribution in [0.15, 0.2) is 42.5 Å². The molecule has 0 amide bonds. The topological polar surface area (TPSA) is 37.3 Å². The van der Waals surface area contributed by atoms with Crippen molar-refractivity contribution in [2.45, 2.75) is 6.92 Å². The van der Waals surface area contributed by atoms with E-state index < -0.39 is 5.97 Å². The second kappa shape index (κ2) is 4.37. The van der Waals surface area contributed by atoms with Gasteiger partial charge in [0.25, 0.3) is 0 Å². The molecule has 2 aromatic rings. The predicted molar refractivity (Wildman–Crippen MR) is 63.5 cm³/mol. The molecule has 0 spiro atoms. The van der Waals surface area contributed by atoms with Crippen molar-refractivity contribution < 1.29 is 14.3 Å². The van der Waals surface area contributed by atoms with E-state index in [1.54, 1.807) is 31.2 Å². The predicted octanol–water partition coefficient (Wildman–Crippen LogP) is 3.50. The van der Waals surface area contributed by atoms with Crippen LogP contribution in [-0.4, -0.2) is 11.1 Å². The molecule has 3 heteroatoms. The molecule has 0 aliphatic rings. The molecule has 0 saturated heterocycles. The number of halogens is 1. The summed E-state index contributed by atoms with van der Waals surface area (Å²) in [5, 5.41) is 8.88. The minimum atomic E-state index is -0.987. The van der Waals surface area contributed by atoms with Gasteiger partial charge in [0.15, 0.2) is 0 Å². The van der Waals surface area contributed by atoms with Crippen LogP contribution >= 0.6 is 0 Å². The van der Waals surface area contributed by atoms with Gasteiger partial charge in [0.1, 0.15) is 5.82 Å². The van der Waals surface area contributed by atoms with Crippen molar-refractivity contribution in [1.29, 1.82) is 0 Å². The van der Waals surface area contributed by atoms with Crippen LogP contribution in [0.3, 0.4) is 0 Å². The van der Waals surface area contributed by atoms with Crippen molar-refractivity contribution in [3.63, 3.8) is 0 Å². The summed E-state index contributed by atoms with van der Waals surface area (Å²) < 4.78 is 13.4. The fourth-order valence-electron chi connectivity index (χ4n) is 1.60. The molecule has 1 N–H and O–H groups in total. The third kappa shape index (κ3) is 2.33. The van der Waals surface area contributed by atoms with Gasteiger partial charge in [0, 0.05) is 0 Å². The largest absolute Gasteiger partial charge is 0.478 e. The molecule has 0 bridgehead atoms. The molecule has 17 heavy (non-hydrogen) atoms. The standard InChI is InChI=1S/C14H11FO2/c1-9-5-6-11(8-13(9)15)10-3-2-4-12(7-10)14(16)17/h2-8H,1H3,(H,16,17). The zero-order valence-corrected chi connectivity index (χ0v) is 9.27. The Morgan fingerprint density at radius 2 is 1.82 bits per heavy atom. The van der Waals surface area contributed by atoms with Crippen LogP contribution in [0.5, 0.6) is 0 Å². The van der Waals surface area contributed by atoms with Crippen molar-refractivity contribution in [3.05, 3.63) is 59.4 Å². The lowest BCUT2D eigenvalue weighted by Crippen LogP contribution is -1.95. The second-order valence-corrected chi connectivity index (χ2v) is 3.85. The number of rotatable bonds is 2. The maximum atomic E-state index is 13.4. The van der Waals surface area contributed by atoms with E-state index in [0.29, 0.717) is 16.7 Å². The highest BCUT2D eigenvalue weighted by atomic mass is 19.1. The van der Waals surface area contributed by atoms with Gasteiger partial charge in [-0.05, 0) is 41.8 Å². The Morgan fingerprint density at radius 3 is 2.47 bits per heavy atom. The van der Waals surface area contributed by atoms with Gasteiger partial charge in [-0.1, -0.05) is 24.3 Å². The average molecular weight is 230 g/mol. The van der Waals surface area contributed by atoms with Gasteiger partial charge < -0.3 is 5.11 Å². The highest BCUT2D eigenvalue weighted by molar-refractivity contribution is 5.89. The van der Waals surface area contributed by atoms with Gasteiger partial charge >= 0.3 is 5.97 Å². The lowest BCUT2D eigenvalue weighted by atomic mass is 10.0. The normalized spacial score (nSPS) is 10.2. The maximum Gasteiger partial charge on any atom is 0.335 e. The van der Waals surface area contributed by atoms with Crippen LogP contribution in [0.1, 0.15) is 15.9 Å². The van der Waals surface area contributed by atoms with E-state index in [4.69, 9.17) is 5.11 Å². The quantitative estimate of drug-likeness (QED) is 0.857. The van der Waals surface area contributed by atoms with Crippen LogP contribution in [0.2, 0.25) is 0 Å². The van der Waals surface area contributed by atoms with Crippen LogP contribution < -0.4 is 0 Å². The summed E-state index contributed by atoms with van der Waals surface area (Å²) in [6, 6.07) is 11.3. The summed E-state index contributed by atoms with van der Waals surface area (Å²) in [6.07, 6.45) is 0. The molecule has 0 unspecified atom stereocenters. The summed E-state index contributed by atoms with van der Waals surface area (Å²) in [6.45, 7) is 1.69. The summed E-state index contributed by atoms with van der Waals surface area (Å²) >= 11 is 0. The Hall–Kier alpha value is -2.16. The molecule has 0 aliphatic heterocycles. The summed E-state index contributed by atoms with van der Waals surface area (Å²) in [5.74, 6) is -1.28. The number of carbonyl (C=O) groups is 1. The molecule has 0 atom stereocenters. The molecule has 2 rings (SSSR count). The van der Waals surface area contributed by atoms with E-state index in [-0.39, 0.29) is 11.4 Å². The highest BCUT2D eigenvalue weighted by Gasteiger charge is 2.06. The van der Waals surface area contributed by atoms with Gasteiger partial charge in [-0.3, -0.25) is 0 Å². The molecular formula is C14H11FO2. The number of hydrogen-bond donors (Lipinski definition) is 1. The monoisotopic (exact) mass is 230 g/mol. The van der Waals surface area contributed by atoms with E-state index in [1.165, 1.54) is 18.2 Å². The molecular weight excluding hydrogens is 219 g/mol. The zero-order valence-electron chi connectivity index (χ0n) is 9.27. The van der Waals surface area contributed by atoms with Crippen molar-refractivity contribution in [2.24, 2.45) is 0 Å². The molecule has 0 aromatic heterocycles. The van der Waals surface area contributed by atoms with Gasteiger partial charge in [0.05, 0.1) is 5.56 Å². The molecule has 0 fully saturated rings. The number of hydrogen-bond acceptors (Lipinski definition) is 1. The Kier molecular flexibility index (Phi) is 2.91. The van der Waals surface area contributed by atoms with Crippen molar-refractivity contribution in [3.8, 4) is 11.1 Å². The number of carboxylic acid groups (broad SMARTS) is 1. The smallest absolute Gasteiger partial charge is 0.335 e. The zero-order chi connectivity index (χ0) is 12.4. The fourth-order valence-corrected chi connectivity index (χ4v) is 1.60. The Labute approximate surface area is 98.3 Å². The summed E-state index contributed by atoms with van der Waals surface area (Å²) in [4.78, 5) is 10.8. The van der Waals surface area contributed by atoms with E-state index in [2.05, 4.69) is 0 Å². The highest BCUT2D eigenvalue weighted by Crippen LogP contribution is 2.22. The molecule has 86 valence electrons. The number of aromatic carboxylic acids is 1. The van der Waals surface area contributed by atoms with E-state index in [1.807, 2.05) is 0 Å². The molecule has 0 aliphatic carbocycles. The molecule has 0 radical (unpaired) electrons. The minimum Gasteiger partial charge on any atom is -0.478 e. The second-order valence-electron chi connectivity index (χ2n) is 3.85. The van der Waals surface area contributed by atoms with Crippen LogP contribution in [-0.2, 0) is 0 Å². The Bertz CT molecular complexity index is 576. The van der Waals surface area contributed by atoms with Crippen molar-refractivity contribution in [1.82, 2.24) is 0 Å². The van der Waals surface area contributed by atoms with Crippen molar-refractivity contribution >= 4 is 5.97 Å². The molecule has 2 nitrogen and oxygen atoms in total. The van der Waals surface area contributed by atoms with Gasteiger partial charge in [-0.25, -0.2) is 9.18 Å². The van der Waals surface area contributed by atoms with Crippen LogP contribution in [0.4, 0.5) is 4.39 Å². The summed E-state index contributed by atoms with van der Waals surface area (Å²) in [7, 11) is 0. The average Bonchev–Trinajstić information content (AvgIpc) is 2.33. The number of benzene rings is 2. The maximum absolute atomic E-state index is 13.4. The lowest BCUT2D eigenvalue weighted by molar-refractivity contribution is 0.0697. The Balaban J connectivity index is 2.49. The first-order chi connectivity index (χ1) is 8.08. The summed E-state index contributed by atoms with van der Waals surface area (Å²) in [5.41, 5.74) is 2.15. The molecule has 2 aromatic carbocycles. The van der Waals surface area contributed by atoms with Gasteiger partial charge in [0.2, 0.25) is 0 Å². The van der Waals surface area contributed by atoms with Crippen LogP contribution in [0, 0.1) is 12.7 Å². The van der Waals surface area contributed by atoms with Crippen LogP contribution in [0.25, 0.3) is 11.1 Å². The first-order valence-electron chi connectivity index (χ1n) is 5.18. The molecule has 0 saturated carbocycles. The Morgan fingerprint density at radius 1 is 1.12 bits per heavy atom. The minimum absolute atomic E-state index is 0.198. The third-order valence-corrected chi connectivity index (χ3v) is 2.61. The van der Waals surface area contributed by atoms with Gasteiger partial charge in [-0.15, -0.1) is 0 Å². The molecule has 0 heterocycles. The number of carboxylic acids is 1. The fraction of sp³-hybridized carbons (Fsp3) is 0.0714. The van der Waals surface area contributed by atoms with Crippen molar-refractivity contribution in [2.75, 3.05) is 0 Å². The SMILES string of the molecule is Cc1ccc(-c2cccc(C(=O)O)c2)cc1F. The van der Waals surface area contributed by atoms with Gasteiger partial charge in [-0.2, -0.15) is 0 Å². The lowest BCUT2D eigenvalue weighted by Gasteiger charge is -2.04.